The molecule has 0 radical (unpaired) electrons. The number of nitrogens with zero attached hydrogens (tertiary/aromatic N) is 2. The van der Waals surface area contributed by atoms with Crippen LogP contribution in [0.25, 0.3) is 22.4 Å². The molecule has 4 aromatic rings. The number of hydrogen-bond donors (Lipinski definition) is 3. The Bertz CT molecular complexity index is 1060. The Morgan fingerprint density at radius 2 is 2.08 bits per heavy atom. The average molecular weight is 346 g/mol. The average Bonchev–Trinajstić information content (AvgIpc) is 3.14. The normalized spacial score (nSPS) is 10.8. The fourth-order valence-corrected chi connectivity index (χ4v) is 2.83. The Morgan fingerprint density at radius 1 is 1.15 bits per heavy atom. The molecule has 0 spiro atoms. The second-order valence-corrected chi connectivity index (χ2v) is 5.91. The van der Waals surface area contributed by atoms with E-state index >= 15 is 0 Å². The van der Waals surface area contributed by atoms with Gasteiger partial charge in [0.15, 0.2) is 5.82 Å². The predicted octanol–water partition coefficient (Wildman–Crippen LogP) is 3.95. The molecule has 26 heavy (non-hydrogen) atoms. The van der Waals surface area contributed by atoms with Crippen molar-refractivity contribution < 1.29 is 9.84 Å². The van der Waals surface area contributed by atoms with E-state index in [2.05, 4.69) is 20.3 Å². The monoisotopic (exact) mass is 346 g/mol. The van der Waals surface area contributed by atoms with Gasteiger partial charge < -0.3 is 20.1 Å². The largest absolute Gasteiger partial charge is 0.508 e. The summed E-state index contributed by atoms with van der Waals surface area (Å²) < 4.78 is 5.45. The van der Waals surface area contributed by atoms with Gasteiger partial charge in [0.05, 0.1) is 30.0 Å². The van der Waals surface area contributed by atoms with E-state index in [9.17, 15) is 5.11 Å². The molecule has 0 amide bonds. The number of aromatic amines is 1. The molecular formula is C20H18N4O2. The Labute approximate surface area is 150 Å². The molecule has 6 heteroatoms. The summed E-state index contributed by atoms with van der Waals surface area (Å²) in [5, 5.41) is 13.0. The van der Waals surface area contributed by atoms with Crippen molar-refractivity contribution in [2.75, 3.05) is 12.4 Å². The number of rotatable bonds is 5. The van der Waals surface area contributed by atoms with E-state index in [1.807, 2.05) is 42.6 Å². The number of ether oxygens (including phenoxy) is 1. The van der Waals surface area contributed by atoms with Crippen molar-refractivity contribution in [3.63, 3.8) is 0 Å². The van der Waals surface area contributed by atoms with Gasteiger partial charge in [0.2, 0.25) is 0 Å². The molecule has 0 saturated heterocycles. The quantitative estimate of drug-likeness (QED) is 0.510. The lowest BCUT2D eigenvalue weighted by Gasteiger charge is -2.13. The van der Waals surface area contributed by atoms with Crippen molar-refractivity contribution in [2.24, 2.45) is 0 Å². The van der Waals surface area contributed by atoms with Crippen LogP contribution in [0.4, 0.5) is 5.69 Å². The summed E-state index contributed by atoms with van der Waals surface area (Å²) in [5.74, 6) is 1.63. The van der Waals surface area contributed by atoms with E-state index in [-0.39, 0.29) is 5.75 Å². The zero-order chi connectivity index (χ0) is 17.9. The maximum Gasteiger partial charge on any atom is 0.159 e. The first-order valence-corrected chi connectivity index (χ1v) is 8.23. The first kappa shape index (κ1) is 16.0. The Kier molecular flexibility index (Phi) is 4.15. The maximum atomic E-state index is 9.60. The van der Waals surface area contributed by atoms with Gasteiger partial charge in [-0.05, 0) is 42.0 Å². The van der Waals surface area contributed by atoms with E-state index in [1.54, 1.807) is 25.4 Å². The number of phenolic OH excluding ortho intramolecular Hbond substituents is 1. The van der Waals surface area contributed by atoms with Crippen molar-refractivity contribution in [1.82, 2.24) is 15.0 Å². The highest BCUT2D eigenvalue weighted by Crippen LogP contribution is 2.30. The summed E-state index contributed by atoms with van der Waals surface area (Å²) in [6.07, 6.45) is 3.63. The molecule has 4 rings (SSSR count). The first-order valence-electron chi connectivity index (χ1n) is 8.23. The van der Waals surface area contributed by atoms with Crippen LogP contribution < -0.4 is 10.1 Å². The highest BCUT2D eigenvalue weighted by atomic mass is 16.5. The molecule has 3 N–H and O–H groups in total. The first-order chi connectivity index (χ1) is 12.7. The van der Waals surface area contributed by atoms with Crippen molar-refractivity contribution in [3.8, 4) is 22.9 Å². The molecule has 0 aliphatic carbocycles. The minimum absolute atomic E-state index is 0.248. The van der Waals surface area contributed by atoms with Crippen molar-refractivity contribution >= 4 is 16.7 Å². The number of hydrogen-bond acceptors (Lipinski definition) is 5. The number of methoxy groups -OCH3 is 1. The number of H-pyrrole nitrogens is 1. The second kappa shape index (κ2) is 6.76. The van der Waals surface area contributed by atoms with E-state index in [0.717, 1.165) is 33.6 Å². The molecule has 0 saturated carbocycles. The summed E-state index contributed by atoms with van der Waals surface area (Å²) in [7, 11) is 1.64. The molecule has 0 aliphatic rings. The number of anilines is 1. The third kappa shape index (κ3) is 3.17. The fraction of sp³-hybridized carbons (Fsp3) is 0.100. The molecule has 130 valence electrons. The Hall–Kier alpha value is -3.54. The van der Waals surface area contributed by atoms with E-state index in [4.69, 9.17) is 4.74 Å². The molecule has 0 fully saturated rings. The van der Waals surface area contributed by atoms with Crippen LogP contribution in [-0.4, -0.2) is 27.2 Å². The van der Waals surface area contributed by atoms with Gasteiger partial charge >= 0.3 is 0 Å². The summed E-state index contributed by atoms with van der Waals surface area (Å²) in [4.78, 5) is 12.1. The van der Waals surface area contributed by atoms with Gasteiger partial charge in [-0.15, -0.1) is 0 Å². The minimum Gasteiger partial charge on any atom is -0.508 e. The number of aromatic hydroxyl groups is 1. The summed E-state index contributed by atoms with van der Waals surface area (Å²) in [6, 6.07) is 14.9. The summed E-state index contributed by atoms with van der Waals surface area (Å²) in [6.45, 7) is 0.561. The number of phenols is 1. The SMILES string of the molecule is COc1ccc(-c2ncc3[nH]ccc3n2)cc1NCc1cccc(O)c1. The van der Waals surface area contributed by atoms with Crippen LogP contribution >= 0.6 is 0 Å². The molecule has 2 heterocycles. The van der Waals surface area contributed by atoms with Gasteiger partial charge in [-0.2, -0.15) is 0 Å². The molecule has 2 aromatic carbocycles. The zero-order valence-electron chi connectivity index (χ0n) is 14.2. The van der Waals surface area contributed by atoms with Crippen LogP contribution in [0.3, 0.4) is 0 Å². The van der Waals surface area contributed by atoms with Crippen LogP contribution in [0.1, 0.15) is 5.56 Å². The molecule has 0 atom stereocenters. The lowest BCUT2D eigenvalue weighted by Crippen LogP contribution is -2.02. The van der Waals surface area contributed by atoms with Gasteiger partial charge in [-0.25, -0.2) is 9.97 Å². The van der Waals surface area contributed by atoms with Gasteiger partial charge in [0.1, 0.15) is 11.5 Å². The van der Waals surface area contributed by atoms with E-state index in [1.165, 1.54) is 0 Å². The Morgan fingerprint density at radius 3 is 2.92 bits per heavy atom. The van der Waals surface area contributed by atoms with Crippen LogP contribution in [-0.2, 0) is 6.54 Å². The molecular weight excluding hydrogens is 328 g/mol. The molecule has 6 nitrogen and oxygen atoms in total. The molecule has 0 bridgehead atoms. The lowest BCUT2D eigenvalue weighted by molar-refractivity contribution is 0.416. The predicted molar refractivity (Wildman–Crippen MR) is 101 cm³/mol. The topological polar surface area (TPSA) is 83.1 Å². The van der Waals surface area contributed by atoms with E-state index in [0.29, 0.717) is 12.4 Å². The maximum absolute atomic E-state index is 9.60. The lowest BCUT2D eigenvalue weighted by atomic mass is 10.1. The van der Waals surface area contributed by atoms with Gasteiger partial charge in [-0.1, -0.05) is 12.1 Å². The van der Waals surface area contributed by atoms with Gasteiger partial charge in [-0.3, -0.25) is 0 Å². The van der Waals surface area contributed by atoms with Crippen LogP contribution in [0.5, 0.6) is 11.5 Å². The van der Waals surface area contributed by atoms with Crippen LogP contribution in [0.2, 0.25) is 0 Å². The van der Waals surface area contributed by atoms with Gasteiger partial charge in [0.25, 0.3) is 0 Å². The summed E-state index contributed by atoms with van der Waals surface area (Å²) >= 11 is 0. The standard InChI is InChI=1S/C20H18N4O2/c1-26-19-6-5-14(20-23-12-18-16(24-20)7-8-21-18)10-17(19)22-11-13-3-2-4-15(25)9-13/h2-10,12,21-22,25H,11H2,1H3. The molecule has 0 aliphatic heterocycles. The smallest absolute Gasteiger partial charge is 0.159 e. The highest BCUT2D eigenvalue weighted by Gasteiger charge is 2.09. The van der Waals surface area contributed by atoms with Crippen LogP contribution in [0.15, 0.2) is 60.9 Å². The zero-order valence-corrected chi connectivity index (χ0v) is 14.2. The number of fused-ring (bicyclic) bond motifs is 1. The third-order valence-electron chi connectivity index (χ3n) is 4.15. The number of nitrogens with one attached hydrogen (secondary N) is 2. The third-order valence-corrected chi connectivity index (χ3v) is 4.15. The minimum atomic E-state index is 0.248. The fourth-order valence-electron chi connectivity index (χ4n) is 2.83. The molecule has 2 aromatic heterocycles. The second-order valence-electron chi connectivity index (χ2n) is 5.91. The Balaban J connectivity index is 1.64. The number of aromatic nitrogens is 3. The van der Waals surface area contributed by atoms with Gasteiger partial charge in [0, 0.05) is 18.3 Å². The summed E-state index contributed by atoms with van der Waals surface area (Å²) in [5.41, 5.74) is 4.49. The highest BCUT2D eigenvalue weighted by molar-refractivity contribution is 5.77. The van der Waals surface area contributed by atoms with Crippen molar-refractivity contribution in [2.45, 2.75) is 6.54 Å². The van der Waals surface area contributed by atoms with Crippen molar-refractivity contribution in [1.29, 1.82) is 0 Å². The number of benzene rings is 2. The van der Waals surface area contributed by atoms with Crippen molar-refractivity contribution in [3.05, 3.63) is 66.5 Å². The molecule has 0 unspecified atom stereocenters. The van der Waals surface area contributed by atoms with Crippen LogP contribution in [0, 0.1) is 0 Å². The van der Waals surface area contributed by atoms with E-state index < -0.39 is 0 Å².